The first kappa shape index (κ1) is 10.9. The number of hydrogen-bond acceptors (Lipinski definition) is 5. The van der Waals surface area contributed by atoms with Gasteiger partial charge in [0.2, 0.25) is 0 Å². The molecule has 6 heteroatoms. The van der Waals surface area contributed by atoms with E-state index in [1.165, 1.54) is 0 Å². The van der Waals surface area contributed by atoms with Gasteiger partial charge in [0, 0.05) is 18.6 Å². The zero-order valence-corrected chi connectivity index (χ0v) is 9.25. The number of fused-ring (bicyclic) bond motifs is 1. The summed E-state index contributed by atoms with van der Waals surface area (Å²) in [5, 5.41) is 14.0. The average molecular weight is 238 g/mol. The first-order valence-electron chi connectivity index (χ1n) is 4.81. The van der Waals surface area contributed by atoms with Crippen molar-refractivity contribution in [3.8, 4) is 0 Å². The summed E-state index contributed by atoms with van der Waals surface area (Å²) in [5.41, 5.74) is 0.823. The van der Waals surface area contributed by atoms with E-state index in [2.05, 4.69) is 10.3 Å². The maximum atomic E-state index is 11.7. The van der Waals surface area contributed by atoms with E-state index in [9.17, 15) is 14.7 Å². The largest absolute Gasteiger partial charge is 0.550 e. The molecule has 1 aromatic heterocycles. The zero-order valence-electron chi connectivity index (χ0n) is 8.43. The van der Waals surface area contributed by atoms with Crippen molar-refractivity contribution in [3.05, 3.63) is 18.3 Å². The molecule has 0 aromatic carbocycles. The van der Waals surface area contributed by atoms with Gasteiger partial charge in [-0.05, 0) is 12.1 Å². The van der Waals surface area contributed by atoms with Gasteiger partial charge in [0.15, 0.2) is 0 Å². The van der Waals surface area contributed by atoms with Crippen LogP contribution < -0.4 is 10.4 Å². The first-order valence-corrected chi connectivity index (χ1v) is 6.20. The van der Waals surface area contributed by atoms with Gasteiger partial charge in [-0.2, -0.15) is 0 Å². The third-order valence-corrected chi connectivity index (χ3v) is 4.31. The quantitative estimate of drug-likeness (QED) is 0.694. The smallest absolute Gasteiger partial charge is 0.357 e. The van der Waals surface area contributed by atoms with Crippen LogP contribution in [0.15, 0.2) is 23.4 Å². The molecular formula is C10H10N2O3S. The van der Waals surface area contributed by atoms with Crippen LogP contribution in [0.3, 0.4) is 0 Å². The second-order valence-electron chi connectivity index (χ2n) is 3.30. The van der Waals surface area contributed by atoms with Crippen molar-refractivity contribution in [1.82, 2.24) is 4.98 Å². The third kappa shape index (κ3) is 2.16. The molecule has 0 saturated carbocycles. The lowest BCUT2D eigenvalue weighted by molar-refractivity contribution is -0.305. The summed E-state index contributed by atoms with van der Waals surface area (Å²) in [6, 6.07) is 3.62. The molecule has 1 unspecified atom stereocenters. The van der Waals surface area contributed by atoms with Gasteiger partial charge >= 0.3 is 5.12 Å². The summed E-state index contributed by atoms with van der Waals surface area (Å²) in [5.74, 6) is -0.844. The van der Waals surface area contributed by atoms with Crippen molar-refractivity contribution < 1.29 is 14.7 Å². The van der Waals surface area contributed by atoms with Crippen LogP contribution in [0.4, 0.5) is 5.69 Å². The Bertz CT molecular complexity index is 436. The molecule has 0 bridgehead atoms. The molecule has 0 radical (unpaired) electrons. The lowest BCUT2D eigenvalue weighted by Crippen LogP contribution is -2.34. The fourth-order valence-corrected chi connectivity index (χ4v) is 3.33. The molecule has 84 valence electrons. The van der Waals surface area contributed by atoms with Crippen LogP contribution in [0.1, 0.15) is 6.42 Å². The predicted octanol–water partition coefficient (Wildman–Crippen LogP) is -0.849. The molecule has 1 N–H and O–H groups in total. The van der Waals surface area contributed by atoms with E-state index in [0.717, 1.165) is 5.69 Å². The van der Waals surface area contributed by atoms with Crippen LogP contribution >= 0.6 is 0 Å². The summed E-state index contributed by atoms with van der Waals surface area (Å²) in [4.78, 5) is 26.2. The number of nitrogens with zero attached hydrogens (tertiary/aromatic N) is 1. The molecule has 5 nitrogen and oxygen atoms in total. The summed E-state index contributed by atoms with van der Waals surface area (Å²) < 4.78 is 0. The van der Waals surface area contributed by atoms with Crippen molar-refractivity contribution >= 4 is 27.7 Å². The van der Waals surface area contributed by atoms with Crippen LogP contribution in [0.5, 0.6) is 0 Å². The van der Waals surface area contributed by atoms with E-state index in [1.54, 1.807) is 12.3 Å². The lowest BCUT2D eigenvalue weighted by atomic mass is 10.4. The number of carbonyl (C=O) groups is 2. The molecule has 0 saturated heterocycles. The average Bonchev–Trinajstić information content (AvgIpc) is 2.27. The highest BCUT2D eigenvalue weighted by Crippen LogP contribution is 2.26. The number of pyridine rings is 1. The monoisotopic (exact) mass is 238 g/mol. The number of nitrogens with one attached hydrogen (secondary N) is 1. The molecule has 1 aliphatic heterocycles. The third-order valence-electron chi connectivity index (χ3n) is 2.21. The Morgan fingerprint density at radius 2 is 2.44 bits per heavy atom. The fourth-order valence-electron chi connectivity index (χ4n) is 1.48. The summed E-state index contributed by atoms with van der Waals surface area (Å²) >= 11 is 0. The highest BCUT2D eigenvalue weighted by atomic mass is 32.2. The van der Waals surface area contributed by atoms with Crippen molar-refractivity contribution in [2.75, 3.05) is 17.6 Å². The standard InChI is InChI=1S/C10H10N2O3S/c13-8(14)3-5-16-9(15)6-12-7-2-1-4-11-10(7)16/h1-2,4,12H,3,5-6H2. The Kier molecular flexibility index (Phi) is 3.09. The Balaban J connectivity index is 2.23. The summed E-state index contributed by atoms with van der Waals surface area (Å²) in [6.45, 7) is 0.245. The minimum Gasteiger partial charge on any atom is -0.550 e. The number of aromatic nitrogens is 1. The maximum absolute atomic E-state index is 11.7. The molecule has 0 fully saturated rings. The van der Waals surface area contributed by atoms with E-state index < -0.39 is 16.9 Å². The van der Waals surface area contributed by atoms with Crippen LogP contribution in [0.25, 0.3) is 0 Å². The van der Waals surface area contributed by atoms with Crippen molar-refractivity contribution in [1.29, 1.82) is 0 Å². The van der Waals surface area contributed by atoms with Crippen molar-refractivity contribution in [3.63, 3.8) is 0 Å². The molecule has 1 aliphatic rings. The second-order valence-corrected chi connectivity index (χ2v) is 5.33. The van der Waals surface area contributed by atoms with Crippen molar-refractivity contribution in [2.45, 2.75) is 11.4 Å². The molecule has 2 heterocycles. The predicted molar refractivity (Wildman–Crippen MR) is 57.9 cm³/mol. The lowest BCUT2D eigenvalue weighted by Gasteiger charge is -2.15. The molecular weight excluding hydrogens is 228 g/mol. The Morgan fingerprint density at radius 1 is 1.62 bits per heavy atom. The van der Waals surface area contributed by atoms with Gasteiger partial charge in [0.1, 0.15) is 28.9 Å². The molecule has 0 aliphatic carbocycles. The molecule has 1 aromatic rings. The van der Waals surface area contributed by atoms with E-state index >= 15 is 0 Å². The van der Waals surface area contributed by atoms with Crippen LogP contribution in [0.2, 0.25) is 0 Å². The first-order chi connectivity index (χ1) is 7.68. The summed E-state index contributed by atoms with van der Waals surface area (Å²) in [7, 11) is -0.718. The Hall–Kier alpha value is -1.56. The van der Waals surface area contributed by atoms with Gasteiger partial charge < -0.3 is 15.2 Å². The highest BCUT2D eigenvalue weighted by Gasteiger charge is 2.38. The maximum Gasteiger partial charge on any atom is 0.357 e. The van der Waals surface area contributed by atoms with Gasteiger partial charge in [0.05, 0.1) is 0 Å². The number of carbonyl (C=O) groups excluding carboxylic acids is 2. The number of anilines is 1. The van der Waals surface area contributed by atoms with Crippen LogP contribution in [0, 0.1) is 0 Å². The topological polar surface area (TPSA) is 82.1 Å². The van der Waals surface area contributed by atoms with Crippen LogP contribution in [-0.2, 0) is 20.5 Å². The molecule has 2 rings (SSSR count). The van der Waals surface area contributed by atoms with E-state index in [4.69, 9.17) is 0 Å². The van der Waals surface area contributed by atoms with Gasteiger partial charge in [0.25, 0.3) is 5.03 Å². The highest BCUT2D eigenvalue weighted by molar-refractivity contribution is 8.11. The van der Waals surface area contributed by atoms with E-state index in [1.807, 2.05) is 6.07 Å². The molecule has 0 spiro atoms. The Labute approximate surface area is 95.2 Å². The van der Waals surface area contributed by atoms with Gasteiger partial charge in [-0.25, -0.2) is 9.78 Å². The van der Waals surface area contributed by atoms with Crippen LogP contribution in [-0.4, -0.2) is 28.4 Å². The SMILES string of the molecule is O=C([O-])CC[S+]1C(=O)CNc2cccnc21. The summed E-state index contributed by atoms with van der Waals surface area (Å²) in [6.07, 6.45) is 1.50. The van der Waals surface area contributed by atoms with E-state index in [0.29, 0.717) is 5.03 Å². The van der Waals surface area contributed by atoms with Gasteiger partial charge in [-0.3, -0.25) is 0 Å². The number of carboxylic acids is 1. The Morgan fingerprint density at radius 3 is 3.19 bits per heavy atom. The second kappa shape index (κ2) is 4.52. The number of rotatable bonds is 3. The molecule has 1 atom stereocenters. The zero-order chi connectivity index (χ0) is 11.5. The minimum absolute atomic E-state index is 0.00690. The fraction of sp³-hybridized carbons (Fsp3) is 0.300. The number of carboxylic acid groups (broad SMARTS) is 1. The van der Waals surface area contributed by atoms with Crippen molar-refractivity contribution in [2.24, 2.45) is 0 Å². The van der Waals surface area contributed by atoms with Gasteiger partial charge in [-0.1, -0.05) is 0 Å². The van der Waals surface area contributed by atoms with E-state index in [-0.39, 0.29) is 23.8 Å². The molecule has 16 heavy (non-hydrogen) atoms. The van der Waals surface area contributed by atoms with Gasteiger partial charge in [-0.15, -0.1) is 0 Å². The number of hydrogen-bond donors (Lipinski definition) is 1. The normalized spacial score (nSPS) is 18.8. The number of aliphatic carboxylic acids is 1. The molecule has 0 amide bonds. The minimum atomic E-state index is -1.13.